The third-order valence-electron chi connectivity index (χ3n) is 3.72. The van der Waals surface area contributed by atoms with Crippen LogP contribution in [-0.4, -0.2) is 28.8 Å². The van der Waals surface area contributed by atoms with Crippen LogP contribution in [-0.2, 0) is 6.54 Å². The molecule has 1 heterocycles. The number of rotatable bonds is 7. The third kappa shape index (κ3) is 4.84. The number of carbonyl (C=O) groups excluding carboxylic acids is 1. The molecule has 0 radical (unpaired) electrons. The van der Waals surface area contributed by atoms with Gasteiger partial charge in [-0.05, 0) is 36.4 Å². The van der Waals surface area contributed by atoms with Gasteiger partial charge in [0.1, 0.15) is 18.2 Å². The van der Waals surface area contributed by atoms with E-state index in [9.17, 15) is 9.18 Å². The van der Waals surface area contributed by atoms with Gasteiger partial charge in [-0.3, -0.25) is 4.79 Å². The Hall–Kier alpha value is -2.90. The van der Waals surface area contributed by atoms with E-state index in [1.807, 2.05) is 0 Å². The molecule has 0 aliphatic rings. The maximum atomic E-state index is 13.3. The van der Waals surface area contributed by atoms with E-state index in [-0.39, 0.29) is 18.3 Å². The number of ether oxygens (including phenoxy) is 1. The number of aromatic nitrogens is 2. The fourth-order valence-electron chi connectivity index (χ4n) is 2.46. The highest BCUT2D eigenvalue weighted by Gasteiger charge is 2.14. The van der Waals surface area contributed by atoms with E-state index in [1.54, 1.807) is 47.4 Å². The van der Waals surface area contributed by atoms with Gasteiger partial charge < -0.3 is 15.8 Å². The lowest BCUT2D eigenvalue weighted by Gasteiger charge is -2.11. The van der Waals surface area contributed by atoms with Crippen molar-refractivity contribution in [1.82, 2.24) is 15.1 Å². The SMILES string of the molecule is NCCOc1ccc(Cl)cc1C(=O)NCc1cnn(-c2cccc(F)c2)c1. The van der Waals surface area contributed by atoms with E-state index in [4.69, 9.17) is 22.1 Å². The summed E-state index contributed by atoms with van der Waals surface area (Å²) in [5.74, 6) is -0.260. The molecule has 27 heavy (non-hydrogen) atoms. The Morgan fingerprint density at radius 3 is 2.93 bits per heavy atom. The minimum atomic E-state index is -0.344. The van der Waals surface area contributed by atoms with Crippen molar-refractivity contribution in [3.63, 3.8) is 0 Å². The molecule has 0 atom stereocenters. The predicted octanol–water partition coefficient (Wildman–Crippen LogP) is 2.93. The summed E-state index contributed by atoms with van der Waals surface area (Å²) in [6.07, 6.45) is 3.33. The third-order valence-corrected chi connectivity index (χ3v) is 3.96. The first-order chi connectivity index (χ1) is 13.1. The van der Waals surface area contributed by atoms with Crippen molar-refractivity contribution < 1.29 is 13.9 Å². The van der Waals surface area contributed by atoms with Gasteiger partial charge in [0, 0.05) is 29.9 Å². The first-order valence-electron chi connectivity index (χ1n) is 8.27. The quantitative estimate of drug-likeness (QED) is 0.652. The average Bonchev–Trinajstić information content (AvgIpc) is 3.14. The Labute approximate surface area is 160 Å². The molecular formula is C19H18ClFN4O2. The van der Waals surface area contributed by atoms with E-state index in [0.29, 0.717) is 35.2 Å². The maximum Gasteiger partial charge on any atom is 0.255 e. The summed E-state index contributed by atoms with van der Waals surface area (Å²) in [7, 11) is 0. The Morgan fingerprint density at radius 2 is 2.15 bits per heavy atom. The molecule has 8 heteroatoms. The summed E-state index contributed by atoms with van der Waals surface area (Å²) in [6, 6.07) is 10.9. The van der Waals surface area contributed by atoms with Crippen LogP contribution < -0.4 is 15.8 Å². The molecule has 0 saturated carbocycles. The second-order valence-electron chi connectivity index (χ2n) is 5.73. The van der Waals surface area contributed by atoms with E-state index < -0.39 is 0 Å². The molecular weight excluding hydrogens is 371 g/mol. The van der Waals surface area contributed by atoms with Gasteiger partial charge in [-0.2, -0.15) is 5.10 Å². The molecule has 1 aromatic heterocycles. The van der Waals surface area contributed by atoms with Gasteiger partial charge >= 0.3 is 0 Å². The summed E-state index contributed by atoms with van der Waals surface area (Å²) < 4.78 is 20.4. The van der Waals surface area contributed by atoms with Gasteiger partial charge in [-0.25, -0.2) is 9.07 Å². The van der Waals surface area contributed by atoms with Crippen LogP contribution in [0.4, 0.5) is 4.39 Å². The van der Waals surface area contributed by atoms with Crippen LogP contribution in [0, 0.1) is 5.82 Å². The number of hydrogen-bond donors (Lipinski definition) is 2. The molecule has 0 aliphatic carbocycles. The zero-order valence-electron chi connectivity index (χ0n) is 14.4. The van der Waals surface area contributed by atoms with Crippen LogP contribution in [0.1, 0.15) is 15.9 Å². The van der Waals surface area contributed by atoms with Gasteiger partial charge in [0.15, 0.2) is 0 Å². The van der Waals surface area contributed by atoms with Gasteiger partial charge in [0.25, 0.3) is 5.91 Å². The topological polar surface area (TPSA) is 82.2 Å². The zero-order valence-corrected chi connectivity index (χ0v) is 15.1. The summed E-state index contributed by atoms with van der Waals surface area (Å²) in [6.45, 7) is 0.877. The van der Waals surface area contributed by atoms with Gasteiger partial charge in [0.2, 0.25) is 0 Å². The van der Waals surface area contributed by atoms with Crippen molar-refractivity contribution in [2.24, 2.45) is 5.73 Å². The predicted molar refractivity (Wildman–Crippen MR) is 101 cm³/mol. The first kappa shape index (κ1) is 18.9. The molecule has 0 aliphatic heterocycles. The summed E-state index contributed by atoms with van der Waals surface area (Å²) in [5.41, 5.74) is 7.13. The summed E-state index contributed by atoms with van der Waals surface area (Å²) in [5, 5.41) is 7.42. The van der Waals surface area contributed by atoms with Gasteiger partial charge in [-0.1, -0.05) is 17.7 Å². The number of halogens is 2. The fourth-order valence-corrected chi connectivity index (χ4v) is 2.64. The number of nitrogens with one attached hydrogen (secondary N) is 1. The molecule has 3 aromatic rings. The summed E-state index contributed by atoms with van der Waals surface area (Å²) in [4.78, 5) is 12.5. The van der Waals surface area contributed by atoms with E-state index in [2.05, 4.69) is 10.4 Å². The lowest BCUT2D eigenvalue weighted by atomic mass is 10.2. The Morgan fingerprint density at radius 1 is 1.30 bits per heavy atom. The molecule has 3 rings (SSSR count). The molecule has 0 saturated heterocycles. The zero-order chi connectivity index (χ0) is 19.2. The second-order valence-corrected chi connectivity index (χ2v) is 6.17. The maximum absolute atomic E-state index is 13.3. The van der Waals surface area contributed by atoms with Crippen molar-refractivity contribution in [1.29, 1.82) is 0 Å². The van der Waals surface area contributed by atoms with Crippen LogP contribution in [0.15, 0.2) is 54.9 Å². The number of carbonyl (C=O) groups is 1. The minimum Gasteiger partial charge on any atom is -0.491 e. The number of amides is 1. The lowest BCUT2D eigenvalue weighted by Crippen LogP contribution is -2.24. The smallest absolute Gasteiger partial charge is 0.255 e. The van der Waals surface area contributed by atoms with Gasteiger partial charge in [0.05, 0.1) is 17.4 Å². The fraction of sp³-hybridized carbons (Fsp3) is 0.158. The first-order valence-corrected chi connectivity index (χ1v) is 8.64. The molecule has 0 unspecified atom stereocenters. The molecule has 2 aromatic carbocycles. The van der Waals surface area contributed by atoms with Crippen molar-refractivity contribution >= 4 is 17.5 Å². The van der Waals surface area contributed by atoms with Crippen LogP contribution in [0.25, 0.3) is 5.69 Å². The Bertz CT molecular complexity index is 945. The van der Waals surface area contributed by atoms with Gasteiger partial charge in [-0.15, -0.1) is 0 Å². The Balaban J connectivity index is 1.69. The average molecular weight is 389 g/mol. The largest absolute Gasteiger partial charge is 0.491 e. The molecule has 140 valence electrons. The molecule has 0 spiro atoms. The van der Waals surface area contributed by atoms with Crippen molar-refractivity contribution in [2.45, 2.75) is 6.54 Å². The van der Waals surface area contributed by atoms with Crippen LogP contribution in [0.2, 0.25) is 5.02 Å². The molecule has 3 N–H and O–H groups in total. The lowest BCUT2D eigenvalue weighted by molar-refractivity contribution is 0.0947. The monoisotopic (exact) mass is 388 g/mol. The van der Waals surface area contributed by atoms with E-state index in [1.165, 1.54) is 12.1 Å². The molecule has 0 bridgehead atoms. The molecule has 6 nitrogen and oxygen atoms in total. The van der Waals surface area contributed by atoms with Crippen LogP contribution >= 0.6 is 11.6 Å². The van der Waals surface area contributed by atoms with Crippen molar-refractivity contribution in [3.8, 4) is 11.4 Å². The van der Waals surface area contributed by atoms with E-state index in [0.717, 1.165) is 5.56 Å². The number of benzene rings is 2. The highest BCUT2D eigenvalue weighted by Crippen LogP contribution is 2.23. The molecule has 0 fully saturated rings. The second kappa shape index (κ2) is 8.66. The van der Waals surface area contributed by atoms with Crippen molar-refractivity contribution in [2.75, 3.05) is 13.2 Å². The highest BCUT2D eigenvalue weighted by atomic mass is 35.5. The van der Waals surface area contributed by atoms with E-state index >= 15 is 0 Å². The summed E-state index contributed by atoms with van der Waals surface area (Å²) >= 11 is 5.99. The number of hydrogen-bond acceptors (Lipinski definition) is 4. The highest BCUT2D eigenvalue weighted by molar-refractivity contribution is 6.31. The standard InChI is InChI=1S/C19H18ClFN4O2/c20-14-4-5-18(27-7-6-22)17(8-14)19(26)23-10-13-11-24-25(12-13)16-3-1-2-15(21)9-16/h1-5,8-9,11-12H,6-7,10,22H2,(H,23,26). The molecule has 1 amide bonds. The van der Waals surface area contributed by atoms with Crippen molar-refractivity contribution in [3.05, 3.63) is 76.8 Å². The van der Waals surface area contributed by atoms with Crippen LogP contribution in [0.3, 0.4) is 0 Å². The normalized spacial score (nSPS) is 10.6. The number of nitrogens with two attached hydrogens (primary N) is 1. The van der Waals surface area contributed by atoms with Crippen LogP contribution in [0.5, 0.6) is 5.75 Å². The Kier molecular flexibility index (Phi) is 6.05. The number of nitrogens with zero attached hydrogens (tertiary/aromatic N) is 2. The minimum absolute atomic E-state index is 0.247.